The first-order chi connectivity index (χ1) is 15.4. The number of hydrogen-bond donors (Lipinski definition) is 1. The van der Waals surface area contributed by atoms with Crippen LogP contribution in [0.5, 0.6) is 5.75 Å². The van der Waals surface area contributed by atoms with Gasteiger partial charge in [-0.2, -0.15) is 4.31 Å². The summed E-state index contributed by atoms with van der Waals surface area (Å²) in [5.74, 6) is 1.12. The van der Waals surface area contributed by atoms with Crippen LogP contribution in [0, 0.1) is 6.92 Å². The molecule has 2 heterocycles. The van der Waals surface area contributed by atoms with Gasteiger partial charge in [-0.3, -0.25) is 0 Å². The van der Waals surface area contributed by atoms with Gasteiger partial charge in [0.25, 0.3) is 0 Å². The number of nitrogens with zero attached hydrogens (tertiary/aromatic N) is 3. The quantitative estimate of drug-likeness (QED) is 0.579. The summed E-state index contributed by atoms with van der Waals surface area (Å²) in [4.78, 5) is 0.268. The largest absolute Gasteiger partial charge is 0.495 e. The molecule has 1 saturated heterocycles. The van der Waals surface area contributed by atoms with E-state index in [1.807, 2.05) is 6.07 Å². The highest BCUT2D eigenvalue weighted by atomic mass is 35.5. The molecule has 0 unspecified atom stereocenters. The second-order valence-electron chi connectivity index (χ2n) is 7.27. The first-order valence-corrected chi connectivity index (χ1v) is 11.8. The van der Waals surface area contributed by atoms with E-state index in [0.717, 1.165) is 0 Å². The maximum absolute atomic E-state index is 13.1. The van der Waals surface area contributed by atoms with E-state index in [0.29, 0.717) is 65.4 Å². The smallest absolute Gasteiger partial charge is 0.243 e. The molecule has 1 fully saturated rings. The number of aromatic nitrogens is 2. The van der Waals surface area contributed by atoms with Crippen molar-refractivity contribution in [3.63, 3.8) is 0 Å². The predicted octanol–water partition coefficient (Wildman–Crippen LogP) is 3.88. The van der Waals surface area contributed by atoms with Crippen molar-refractivity contribution < 1.29 is 17.9 Å². The number of aryl methyl sites for hydroxylation is 1. The molecule has 32 heavy (non-hydrogen) atoms. The molecule has 1 N–H and O–H groups in total. The van der Waals surface area contributed by atoms with Gasteiger partial charge in [-0.15, -0.1) is 10.2 Å². The number of rotatable bonds is 6. The van der Waals surface area contributed by atoms with Crippen molar-refractivity contribution in [2.45, 2.75) is 11.8 Å². The highest BCUT2D eigenvalue weighted by Crippen LogP contribution is 2.31. The van der Waals surface area contributed by atoms with Crippen molar-refractivity contribution >= 4 is 33.1 Å². The zero-order valence-electron chi connectivity index (χ0n) is 17.7. The van der Waals surface area contributed by atoms with Gasteiger partial charge in [-0.1, -0.05) is 23.7 Å². The van der Waals surface area contributed by atoms with Crippen LogP contribution in [0.25, 0.3) is 11.3 Å². The SMILES string of the molecule is COc1ccc(Cl)cc1Nc1ccc(-c2ccc(C)c(S(=O)(=O)N3CCOCC3)c2)nn1. The number of anilines is 2. The number of methoxy groups -OCH3 is 1. The summed E-state index contributed by atoms with van der Waals surface area (Å²) in [6, 6.07) is 14.0. The summed E-state index contributed by atoms with van der Waals surface area (Å²) in [6.45, 7) is 3.27. The van der Waals surface area contributed by atoms with Gasteiger partial charge in [0.2, 0.25) is 10.0 Å². The molecule has 1 aromatic heterocycles. The normalized spacial score (nSPS) is 14.8. The van der Waals surface area contributed by atoms with E-state index < -0.39 is 10.0 Å². The Kier molecular flexibility index (Phi) is 6.61. The van der Waals surface area contributed by atoms with E-state index in [9.17, 15) is 8.42 Å². The maximum Gasteiger partial charge on any atom is 0.243 e. The Hall–Kier alpha value is -2.72. The molecule has 0 aliphatic carbocycles. The number of hydrogen-bond acceptors (Lipinski definition) is 7. The molecule has 168 valence electrons. The molecule has 0 saturated carbocycles. The van der Waals surface area contributed by atoms with Crippen molar-refractivity contribution in [2.75, 3.05) is 38.7 Å². The minimum Gasteiger partial charge on any atom is -0.495 e. The highest BCUT2D eigenvalue weighted by Gasteiger charge is 2.28. The van der Waals surface area contributed by atoms with E-state index in [2.05, 4.69) is 15.5 Å². The van der Waals surface area contributed by atoms with Crippen molar-refractivity contribution in [1.82, 2.24) is 14.5 Å². The van der Waals surface area contributed by atoms with Crippen LogP contribution in [0.15, 0.2) is 53.4 Å². The van der Waals surface area contributed by atoms with Crippen LogP contribution in [0.3, 0.4) is 0 Å². The van der Waals surface area contributed by atoms with Crippen LogP contribution in [0.4, 0.5) is 11.5 Å². The van der Waals surface area contributed by atoms with Gasteiger partial charge in [0.1, 0.15) is 5.75 Å². The van der Waals surface area contributed by atoms with Crippen LogP contribution in [-0.2, 0) is 14.8 Å². The summed E-state index contributed by atoms with van der Waals surface area (Å²) in [6.07, 6.45) is 0. The fraction of sp³-hybridized carbons (Fsp3) is 0.273. The van der Waals surface area contributed by atoms with Gasteiger partial charge >= 0.3 is 0 Å². The van der Waals surface area contributed by atoms with Gasteiger partial charge < -0.3 is 14.8 Å². The molecule has 0 atom stereocenters. The van der Waals surface area contributed by atoms with Crippen molar-refractivity contribution in [2.24, 2.45) is 0 Å². The zero-order chi connectivity index (χ0) is 22.7. The molecule has 3 aromatic rings. The fourth-order valence-corrected chi connectivity index (χ4v) is 5.26. The molecule has 1 aliphatic rings. The third-order valence-corrected chi connectivity index (χ3v) is 7.44. The first kappa shape index (κ1) is 22.5. The molecule has 10 heteroatoms. The minimum atomic E-state index is -3.62. The Balaban J connectivity index is 1.60. The van der Waals surface area contributed by atoms with Gasteiger partial charge in [0, 0.05) is 23.7 Å². The van der Waals surface area contributed by atoms with Crippen LogP contribution in [0.2, 0.25) is 5.02 Å². The molecule has 0 spiro atoms. The van der Waals surface area contributed by atoms with E-state index >= 15 is 0 Å². The number of halogens is 1. The Morgan fingerprint density at radius 1 is 1.06 bits per heavy atom. The van der Waals surface area contributed by atoms with Gasteiger partial charge in [-0.25, -0.2) is 8.42 Å². The maximum atomic E-state index is 13.1. The van der Waals surface area contributed by atoms with Gasteiger partial charge in [0.05, 0.1) is 36.6 Å². The lowest BCUT2D eigenvalue weighted by Gasteiger charge is -2.26. The monoisotopic (exact) mass is 474 g/mol. The third kappa shape index (κ3) is 4.71. The second kappa shape index (κ2) is 9.41. The first-order valence-electron chi connectivity index (χ1n) is 10.0. The average Bonchev–Trinajstić information content (AvgIpc) is 2.81. The molecular formula is C22H23ClN4O4S. The predicted molar refractivity (Wildman–Crippen MR) is 123 cm³/mol. The number of morpholine rings is 1. The molecule has 0 radical (unpaired) electrons. The molecule has 8 nitrogen and oxygen atoms in total. The Bertz CT molecular complexity index is 1210. The molecule has 0 bridgehead atoms. The standard InChI is InChI=1S/C22H23ClN4O4S/c1-15-3-4-16(13-21(15)32(28,29)27-9-11-31-12-10-27)18-6-8-22(26-25-18)24-19-14-17(23)5-7-20(19)30-2/h3-8,13-14H,9-12H2,1-2H3,(H,24,26). The van der Waals surface area contributed by atoms with Crippen molar-refractivity contribution in [3.05, 3.63) is 59.1 Å². The van der Waals surface area contributed by atoms with Crippen molar-refractivity contribution in [3.8, 4) is 17.0 Å². The van der Waals surface area contributed by atoms with Crippen LogP contribution >= 0.6 is 11.6 Å². The van der Waals surface area contributed by atoms with E-state index in [4.69, 9.17) is 21.1 Å². The minimum absolute atomic E-state index is 0.268. The topological polar surface area (TPSA) is 93.7 Å². The van der Waals surface area contributed by atoms with E-state index in [1.165, 1.54) is 4.31 Å². The van der Waals surface area contributed by atoms with Crippen LogP contribution in [-0.4, -0.2) is 56.3 Å². The Labute approximate surface area is 192 Å². The lowest BCUT2D eigenvalue weighted by atomic mass is 10.1. The van der Waals surface area contributed by atoms with E-state index in [-0.39, 0.29) is 4.90 Å². The number of nitrogens with one attached hydrogen (secondary N) is 1. The zero-order valence-corrected chi connectivity index (χ0v) is 19.3. The lowest BCUT2D eigenvalue weighted by Crippen LogP contribution is -2.40. The van der Waals surface area contributed by atoms with Gasteiger partial charge in [0.15, 0.2) is 5.82 Å². The summed E-state index contributed by atoms with van der Waals surface area (Å²) in [5, 5.41) is 12.2. The Morgan fingerprint density at radius 3 is 2.53 bits per heavy atom. The molecule has 0 amide bonds. The van der Waals surface area contributed by atoms with E-state index in [1.54, 1.807) is 56.5 Å². The summed E-state index contributed by atoms with van der Waals surface area (Å²) >= 11 is 6.07. The van der Waals surface area contributed by atoms with Crippen LogP contribution < -0.4 is 10.1 Å². The molecule has 1 aliphatic heterocycles. The molecule has 2 aromatic carbocycles. The Morgan fingerprint density at radius 2 is 1.84 bits per heavy atom. The number of sulfonamides is 1. The summed E-state index contributed by atoms with van der Waals surface area (Å²) in [7, 11) is -2.04. The third-order valence-electron chi connectivity index (χ3n) is 5.16. The van der Waals surface area contributed by atoms with Crippen molar-refractivity contribution in [1.29, 1.82) is 0 Å². The van der Waals surface area contributed by atoms with Crippen LogP contribution in [0.1, 0.15) is 5.56 Å². The number of ether oxygens (including phenoxy) is 2. The summed E-state index contributed by atoms with van der Waals surface area (Å²) < 4.78 is 38.4. The van der Waals surface area contributed by atoms with Gasteiger partial charge in [-0.05, 0) is 48.9 Å². The molecule has 4 rings (SSSR count). The average molecular weight is 475 g/mol. The lowest BCUT2D eigenvalue weighted by molar-refractivity contribution is 0.0730. The second-order valence-corrected chi connectivity index (χ2v) is 9.61. The fourth-order valence-electron chi connectivity index (χ4n) is 3.43. The summed E-state index contributed by atoms with van der Waals surface area (Å²) in [5.41, 5.74) is 2.57. The highest BCUT2D eigenvalue weighted by molar-refractivity contribution is 7.89. The number of benzene rings is 2. The molecular weight excluding hydrogens is 452 g/mol.